The summed E-state index contributed by atoms with van der Waals surface area (Å²) >= 11 is 0. The highest BCUT2D eigenvalue weighted by Gasteiger charge is 2.49. The van der Waals surface area contributed by atoms with Crippen molar-refractivity contribution in [2.24, 2.45) is 0 Å². The molecule has 0 aliphatic carbocycles. The SMILES string of the molecule is CC(C)(O)C(F)C1(C)Cc2cc([N+](=O)[O-])c(F)cc2O1. The lowest BCUT2D eigenvalue weighted by Crippen LogP contribution is -2.52. The van der Waals surface area contributed by atoms with Crippen LogP contribution in [0.2, 0.25) is 0 Å². The van der Waals surface area contributed by atoms with Crippen LogP contribution < -0.4 is 4.74 Å². The van der Waals surface area contributed by atoms with Crippen LogP contribution in [0.15, 0.2) is 12.1 Å². The Morgan fingerprint density at radius 1 is 1.55 bits per heavy atom. The molecule has 1 aliphatic rings. The number of fused-ring (bicyclic) bond motifs is 1. The smallest absolute Gasteiger partial charge is 0.305 e. The summed E-state index contributed by atoms with van der Waals surface area (Å²) in [6, 6.07) is 1.93. The Kier molecular flexibility index (Phi) is 3.20. The zero-order valence-corrected chi connectivity index (χ0v) is 11.3. The third-order valence-corrected chi connectivity index (χ3v) is 3.37. The number of benzene rings is 1. The van der Waals surface area contributed by atoms with E-state index in [1.807, 2.05) is 0 Å². The Bertz CT molecular complexity index is 570. The molecule has 0 bridgehead atoms. The molecule has 2 rings (SSSR count). The van der Waals surface area contributed by atoms with Gasteiger partial charge in [-0.1, -0.05) is 0 Å². The van der Waals surface area contributed by atoms with Gasteiger partial charge in [0.1, 0.15) is 11.4 Å². The first-order valence-electron chi connectivity index (χ1n) is 6.07. The van der Waals surface area contributed by atoms with E-state index in [9.17, 15) is 24.0 Å². The summed E-state index contributed by atoms with van der Waals surface area (Å²) in [5, 5.41) is 20.4. The molecule has 1 aromatic carbocycles. The van der Waals surface area contributed by atoms with E-state index in [2.05, 4.69) is 0 Å². The molecule has 2 unspecified atom stereocenters. The number of aliphatic hydroxyl groups is 1. The quantitative estimate of drug-likeness (QED) is 0.685. The number of hydrogen-bond acceptors (Lipinski definition) is 4. The molecule has 0 spiro atoms. The second kappa shape index (κ2) is 4.37. The van der Waals surface area contributed by atoms with Gasteiger partial charge >= 0.3 is 5.69 Å². The molecule has 0 saturated carbocycles. The van der Waals surface area contributed by atoms with E-state index >= 15 is 0 Å². The minimum absolute atomic E-state index is 0.0224. The fourth-order valence-electron chi connectivity index (χ4n) is 2.51. The number of nitrogens with zero attached hydrogens (tertiary/aromatic N) is 1. The van der Waals surface area contributed by atoms with Crippen LogP contribution in [-0.4, -0.2) is 27.4 Å². The molecule has 0 amide bonds. The highest BCUT2D eigenvalue weighted by molar-refractivity contribution is 5.48. The fraction of sp³-hybridized carbons (Fsp3) is 0.538. The number of ether oxygens (including phenoxy) is 1. The van der Waals surface area contributed by atoms with Gasteiger partial charge < -0.3 is 9.84 Å². The molecule has 1 heterocycles. The summed E-state index contributed by atoms with van der Waals surface area (Å²) in [5.74, 6) is -0.959. The molecule has 0 aromatic heterocycles. The third kappa shape index (κ3) is 2.33. The van der Waals surface area contributed by atoms with Crippen LogP contribution >= 0.6 is 0 Å². The van der Waals surface area contributed by atoms with Crippen molar-refractivity contribution in [2.75, 3.05) is 0 Å². The van der Waals surface area contributed by atoms with Crippen molar-refractivity contribution < 1.29 is 23.5 Å². The first-order chi connectivity index (χ1) is 9.04. The lowest BCUT2D eigenvalue weighted by atomic mass is 9.85. The molecule has 7 heteroatoms. The molecule has 0 fully saturated rings. The average Bonchev–Trinajstić information content (AvgIpc) is 2.62. The van der Waals surface area contributed by atoms with Gasteiger partial charge in [0, 0.05) is 24.1 Å². The molecule has 20 heavy (non-hydrogen) atoms. The predicted octanol–water partition coefficient (Wildman–Crippen LogP) is 2.54. The molecule has 0 radical (unpaired) electrons. The topological polar surface area (TPSA) is 72.6 Å². The van der Waals surface area contributed by atoms with Gasteiger partial charge in [0.05, 0.1) is 10.5 Å². The van der Waals surface area contributed by atoms with E-state index in [-0.39, 0.29) is 12.2 Å². The second-order valence-corrected chi connectivity index (χ2v) is 5.78. The van der Waals surface area contributed by atoms with Gasteiger partial charge in [-0.3, -0.25) is 10.1 Å². The van der Waals surface area contributed by atoms with Crippen LogP contribution in [-0.2, 0) is 6.42 Å². The summed E-state index contributed by atoms with van der Waals surface area (Å²) < 4.78 is 33.2. The first kappa shape index (κ1) is 14.6. The zero-order chi connectivity index (χ0) is 15.3. The third-order valence-electron chi connectivity index (χ3n) is 3.37. The van der Waals surface area contributed by atoms with Crippen molar-refractivity contribution in [3.63, 3.8) is 0 Å². The Hall–Kier alpha value is -1.76. The number of nitro benzene ring substituents is 1. The van der Waals surface area contributed by atoms with Crippen LogP contribution in [0.5, 0.6) is 5.75 Å². The summed E-state index contributed by atoms with van der Waals surface area (Å²) in [6.07, 6.45) is -1.71. The fourth-order valence-corrected chi connectivity index (χ4v) is 2.51. The second-order valence-electron chi connectivity index (χ2n) is 5.78. The monoisotopic (exact) mass is 287 g/mol. The minimum atomic E-state index is -1.73. The Morgan fingerprint density at radius 3 is 2.65 bits per heavy atom. The molecule has 1 N–H and O–H groups in total. The molecular weight excluding hydrogens is 272 g/mol. The lowest BCUT2D eigenvalue weighted by Gasteiger charge is -2.35. The maximum Gasteiger partial charge on any atom is 0.305 e. The van der Waals surface area contributed by atoms with Gasteiger partial charge in [0.25, 0.3) is 0 Å². The largest absolute Gasteiger partial charge is 0.484 e. The van der Waals surface area contributed by atoms with Crippen molar-refractivity contribution in [1.82, 2.24) is 0 Å². The highest BCUT2D eigenvalue weighted by atomic mass is 19.1. The summed E-state index contributed by atoms with van der Waals surface area (Å²) in [5.41, 5.74) is -3.34. The standard InChI is InChI=1S/C13H15F2NO4/c1-12(2,17)11(15)13(3)6-7-4-9(16(18)19)8(14)5-10(7)20-13/h4-5,11,17H,6H2,1-3H3. The van der Waals surface area contributed by atoms with Crippen LogP contribution in [0.1, 0.15) is 26.3 Å². The molecule has 110 valence electrons. The number of halogens is 2. The Balaban J connectivity index is 2.38. The van der Waals surface area contributed by atoms with Crippen molar-refractivity contribution in [2.45, 2.75) is 44.6 Å². The van der Waals surface area contributed by atoms with Crippen molar-refractivity contribution >= 4 is 5.69 Å². The molecular formula is C13H15F2NO4. The predicted molar refractivity (Wildman–Crippen MR) is 67.0 cm³/mol. The Labute approximate surface area is 114 Å². The maximum absolute atomic E-state index is 14.3. The highest BCUT2D eigenvalue weighted by Crippen LogP contribution is 2.42. The number of nitro groups is 1. The number of hydrogen-bond donors (Lipinski definition) is 1. The van der Waals surface area contributed by atoms with Gasteiger partial charge in [-0.05, 0) is 20.8 Å². The van der Waals surface area contributed by atoms with Gasteiger partial charge in [0.15, 0.2) is 6.17 Å². The number of alkyl halides is 1. The first-order valence-corrected chi connectivity index (χ1v) is 6.07. The van der Waals surface area contributed by atoms with Crippen LogP contribution in [0.4, 0.5) is 14.5 Å². The van der Waals surface area contributed by atoms with Crippen molar-refractivity contribution in [1.29, 1.82) is 0 Å². The summed E-state index contributed by atoms with van der Waals surface area (Å²) in [4.78, 5) is 9.85. The maximum atomic E-state index is 14.3. The average molecular weight is 287 g/mol. The Morgan fingerprint density at radius 2 is 2.15 bits per heavy atom. The van der Waals surface area contributed by atoms with Crippen LogP contribution in [0.25, 0.3) is 0 Å². The van der Waals surface area contributed by atoms with E-state index in [1.165, 1.54) is 20.8 Å². The van der Waals surface area contributed by atoms with Crippen molar-refractivity contribution in [3.05, 3.63) is 33.6 Å². The van der Waals surface area contributed by atoms with Gasteiger partial charge in [-0.25, -0.2) is 4.39 Å². The van der Waals surface area contributed by atoms with Gasteiger partial charge in [0.2, 0.25) is 5.82 Å². The summed E-state index contributed by atoms with van der Waals surface area (Å²) in [7, 11) is 0. The van der Waals surface area contributed by atoms with E-state index < -0.39 is 33.8 Å². The van der Waals surface area contributed by atoms with Gasteiger partial charge in [-0.15, -0.1) is 0 Å². The van der Waals surface area contributed by atoms with E-state index in [0.717, 1.165) is 12.1 Å². The normalized spacial score (nSPS) is 23.1. The molecule has 1 aromatic rings. The molecule has 0 saturated heterocycles. The summed E-state index contributed by atoms with van der Waals surface area (Å²) in [6.45, 7) is 4.05. The van der Waals surface area contributed by atoms with Crippen molar-refractivity contribution in [3.8, 4) is 5.75 Å². The molecule has 5 nitrogen and oxygen atoms in total. The van der Waals surface area contributed by atoms with Crippen LogP contribution in [0, 0.1) is 15.9 Å². The molecule has 1 aliphatic heterocycles. The minimum Gasteiger partial charge on any atom is -0.484 e. The molecule has 2 atom stereocenters. The number of rotatable bonds is 3. The van der Waals surface area contributed by atoms with E-state index in [1.54, 1.807) is 0 Å². The van der Waals surface area contributed by atoms with E-state index in [4.69, 9.17) is 4.74 Å². The van der Waals surface area contributed by atoms with Gasteiger partial charge in [-0.2, -0.15) is 4.39 Å². The van der Waals surface area contributed by atoms with Crippen LogP contribution in [0.3, 0.4) is 0 Å². The lowest BCUT2D eigenvalue weighted by molar-refractivity contribution is -0.387. The van der Waals surface area contributed by atoms with E-state index in [0.29, 0.717) is 5.56 Å². The zero-order valence-electron chi connectivity index (χ0n) is 11.3.